The molecule has 2 N–H and O–H groups in total. The van der Waals surface area contributed by atoms with Crippen LogP contribution in [0.2, 0.25) is 0 Å². The SMILES string of the molecule is Cc1cc[n+](CCOc2ccc(N)cc2)cc1. The minimum Gasteiger partial charge on any atom is -0.487 e. The maximum atomic E-state index is 5.62. The molecule has 0 amide bonds. The molecule has 0 saturated heterocycles. The molecule has 0 spiro atoms. The van der Waals surface area contributed by atoms with Crippen LogP contribution < -0.4 is 15.0 Å². The Morgan fingerprint density at radius 3 is 2.35 bits per heavy atom. The van der Waals surface area contributed by atoms with Crippen molar-refractivity contribution in [2.45, 2.75) is 13.5 Å². The Hall–Kier alpha value is -2.03. The number of aromatic nitrogens is 1. The van der Waals surface area contributed by atoms with E-state index in [1.807, 2.05) is 24.3 Å². The first-order valence-corrected chi connectivity index (χ1v) is 5.68. The molecule has 0 aliphatic rings. The quantitative estimate of drug-likeness (QED) is 0.643. The molecule has 1 aromatic heterocycles. The van der Waals surface area contributed by atoms with Crippen molar-refractivity contribution in [3.63, 3.8) is 0 Å². The molecule has 0 fully saturated rings. The minimum absolute atomic E-state index is 0.650. The second-order valence-electron chi connectivity index (χ2n) is 4.03. The minimum atomic E-state index is 0.650. The van der Waals surface area contributed by atoms with Gasteiger partial charge in [0.1, 0.15) is 12.4 Å². The Morgan fingerprint density at radius 2 is 1.71 bits per heavy atom. The van der Waals surface area contributed by atoms with Gasteiger partial charge in [-0.25, -0.2) is 4.57 Å². The number of hydrogen-bond acceptors (Lipinski definition) is 2. The summed E-state index contributed by atoms with van der Waals surface area (Å²) in [6.07, 6.45) is 4.11. The molecule has 1 aromatic carbocycles. The van der Waals surface area contributed by atoms with Crippen LogP contribution in [0.5, 0.6) is 5.75 Å². The summed E-state index contributed by atoms with van der Waals surface area (Å²) in [5.74, 6) is 0.854. The van der Waals surface area contributed by atoms with Gasteiger partial charge < -0.3 is 10.5 Å². The average molecular weight is 229 g/mol. The third-order valence-corrected chi connectivity index (χ3v) is 2.56. The molecule has 88 valence electrons. The highest BCUT2D eigenvalue weighted by molar-refractivity contribution is 5.41. The number of rotatable bonds is 4. The molecule has 1 heterocycles. The first kappa shape index (κ1) is 11.5. The van der Waals surface area contributed by atoms with Crippen LogP contribution in [0.25, 0.3) is 0 Å². The summed E-state index contributed by atoms with van der Waals surface area (Å²) < 4.78 is 7.72. The van der Waals surface area contributed by atoms with E-state index in [0.29, 0.717) is 6.61 Å². The highest BCUT2D eigenvalue weighted by Crippen LogP contribution is 2.12. The number of benzene rings is 1. The lowest BCUT2D eigenvalue weighted by molar-refractivity contribution is -0.697. The first-order valence-electron chi connectivity index (χ1n) is 5.68. The zero-order valence-corrected chi connectivity index (χ0v) is 9.97. The molecule has 17 heavy (non-hydrogen) atoms. The first-order chi connectivity index (χ1) is 8.24. The van der Waals surface area contributed by atoms with Gasteiger partial charge in [0.05, 0.1) is 0 Å². The van der Waals surface area contributed by atoms with Gasteiger partial charge >= 0.3 is 0 Å². The number of ether oxygens (including phenoxy) is 1. The van der Waals surface area contributed by atoms with E-state index < -0.39 is 0 Å². The van der Waals surface area contributed by atoms with E-state index in [1.165, 1.54) is 5.56 Å². The Balaban J connectivity index is 1.83. The number of nitrogens with two attached hydrogens (primary N) is 1. The van der Waals surface area contributed by atoms with Crippen LogP contribution in [0.3, 0.4) is 0 Å². The second kappa shape index (κ2) is 5.34. The van der Waals surface area contributed by atoms with E-state index in [1.54, 1.807) is 0 Å². The smallest absolute Gasteiger partial charge is 0.182 e. The van der Waals surface area contributed by atoms with Crippen molar-refractivity contribution < 1.29 is 9.30 Å². The van der Waals surface area contributed by atoms with Crippen LogP contribution in [-0.2, 0) is 6.54 Å². The molecule has 3 heteroatoms. The van der Waals surface area contributed by atoms with E-state index in [-0.39, 0.29) is 0 Å². The Kier molecular flexibility index (Phi) is 3.60. The summed E-state index contributed by atoms with van der Waals surface area (Å²) in [7, 11) is 0. The van der Waals surface area contributed by atoms with Crippen molar-refractivity contribution >= 4 is 5.69 Å². The normalized spacial score (nSPS) is 10.2. The number of nitrogens with zero attached hydrogens (tertiary/aromatic N) is 1. The third-order valence-electron chi connectivity index (χ3n) is 2.56. The Morgan fingerprint density at radius 1 is 1.06 bits per heavy atom. The summed E-state index contributed by atoms with van der Waals surface area (Å²) in [6.45, 7) is 3.57. The lowest BCUT2D eigenvalue weighted by atomic mass is 10.3. The van der Waals surface area contributed by atoms with E-state index >= 15 is 0 Å². The second-order valence-corrected chi connectivity index (χ2v) is 4.03. The lowest BCUT2D eigenvalue weighted by Gasteiger charge is -2.04. The van der Waals surface area contributed by atoms with Crippen LogP contribution in [0.4, 0.5) is 5.69 Å². The van der Waals surface area contributed by atoms with E-state index in [4.69, 9.17) is 10.5 Å². The summed E-state index contributed by atoms with van der Waals surface area (Å²) in [5, 5.41) is 0. The summed E-state index contributed by atoms with van der Waals surface area (Å²) in [6, 6.07) is 11.6. The monoisotopic (exact) mass is 229 g/mol. The highest BCUT2D eigenvalue weighted by atomic mass is 16.5. The molecule has 2 rings (SSSR count). The predicted molar refractivity (Wildman–Crippen MR) is 67.7 cm³/mol. The highest BCUT2D eigenvalue weighted by Gasteiger charge is 2.00. The fourth-order valence-electron chi connectivity index (χ4n) is 1.51. The number of nitrogen functional groups attached to an aromatic ring is 1. The van der Waals surface area contributed by atoms with Crippen LogP contribution in [0.15, 0.2) is 48.8 Å². The van der Waals surface area contributed by atoms with Crippen molar-refractivity contribution in [1.82, 2.24) is 0 Å². The van der Waals surface area contributed by atoms with E-state index in [0.717, 1.165) is 18.0 Å². The topological polar surface area (TPSA) is 39.1 Å². The Labute approximate surface area is 101 Å². The lowest BCUT2D eigenvalue weighted by Crippen LogP contribution is -2.35. The van der Waals surface area contributed by atoms with Crippen molar-refractivity contribution in [2.75, 3.05) is 12.3 Å². The van der Waals surface area contributed by atoms with Gasteiger partial charge in [0.2, 0.25) is 0 Å². The maximum Gasteiger partial charge on any atom is 0.182 e. The standard InChI is InChI=1S/C14H17N2O/c1-12-6-8-16(9-7-12)10-11-17-14-4-2-13(15)3-5-14/h2-9H,10-11,15H2,1H3/q+1. The van der Waals surface area contributed by atoms with Gasteiger partial charge in [0, 0.05) is 17.8 Å². The van der Waals surface area contributed by atoms with Gasteiger partial charge in [0.15, 0.2) is 18.9 Å². The summed E-state index contributed by atoms with van der Waals surface area (Å²) in [4.78, 5) is 0. The maximum absolute atomic E-state index is 5.62. The number of hydrogen-bond donors (Lipinski definition) is 1. The Bertz CT molecular complexity index is 417. The average Bonchev–Trinajstić information content (AvgIpc) is 2.34. The largest absolute Gasteiger partial charge is 0.487 e. The van der Waals surface area contributed by atoms with Gasteiger partial charge in [-0.1, -0.05) is 0 Å². The molecule has 0 atom stereocenters. The van der Waals surface area contributed by atoms with Crippen molar-refractivity contribution in [3.05, 3.63) is 54.4 Å². The zero-order valence-electron chi connectivity index (χ0n) is 9.97. The molecule has 0 radical (unpaired) electrons. The van der Waals surface area contributed by atoms with Gasteiger partial charge in [-0.2, -0.15) is 0 Å². The van der Waals surface area contributed by atoms with Crippen LogP contribution in [-0.4, -0.2) is 6.61 Å². The fraction of sp³-hybridized carbons (Fsp3) is 0.214. The molecular weight excluding hydrogens is 212 g/mol. The van der Waals surface area contributed by atoms with E-state index in [9.17, 15) is 0 Å². The molecule has 0 bridgehead atoms. The fourth-order valence-corrected chi connectivity index (χ4v) is 1.51. The van der Waals surface area contributed by atoms with Gasteiger partial charge in [-0.15, -0.1) is 0 Å². The summed E-state index contributed by atoms with van der Waals surface area (Å²) in [5.41, 5.74) is 7.62. The van der Waals surface area contributed by atoms with E-state index in [2.05, 4.69) is 36.0 Å². The van der Waals surface area contributed by atoms with Crippen LogP contribution in [0, 0.1) is 6.92 Å². The van der Waals surface area contributed by atoms with Gasteiger partial charge in [-0.05, 0) is 36.8 Å². The van der Waals surface area contributed by atoms with Crippen LogP contribution >= 0.6 is 0 Å². The van der Waals surface area contributed by atoms with Crippen molar-refractivity contribution in [1.29, 1.82) is 0 Å². The third kappa shape index (κ3) is 3.48. The predicted octanol–water partition coefficient (Wildman–Crippen LogP) is 1.94. The van der Waals surface area contributed by atoms with Crippen LogP contribution in [0.1, 0.15) is 5.56 Å². The van der Waals surface area contributed by atoms with Gasteiger partial charge in [-0.3, -0.25) is 0 Å². The van der Waals surface area contributed by atoms with Gasteiger partial charge in [0.25, 0.3) is 0 Å². The molecule has 0 unspecified atom stereocenters. The molecule has 0 aliphatic carbocycles. The van der Waals surface area contributed by atoms with Crippen molar-refractivity contribution in [3.8, 4) is 5.75 Å². The number of anilines is 1. The molecule has 2 aromatic rings. The molecular formula is C14H17N2O+. The molecule has 0 aliphatic heterocycles. The zero-order chi connectivity index (χ0) is 12.1. The summed E-state index contributed by atoms with van der Waals surface area (Å²) >= 11 is 0. The number of pyridine rings is 1. The molecule has 0 saturated carbocycles. The molecule has 3 nitrogen and oxygen atoms in total. The van der Waals surface area contributed by atoms with Crippen molar-refractivity contribution in [2.24, 2.45) is 0 Å². The number of aryl methyl sites for hydroxylation is 1.